The lowest BCUT2D eigenvalue weighted by Crippen LogP contribution is -2.47. The minimum absolute atomic E-state index is 0.243. The van der Waals surface area contributed by atoms with Crippen molar-refractivity contribution in [2.24, 2.45) is 7.05 Å². The Morgan fingerprint density at radius 1 is 0.860 bits per heavy atom. The number of hydrogen-bond donors (Lipinski definition) is 1. The Bertz CT molecular complexity index is 1570. The molecular formula is C30H37FN10OS. The standard InChI is InChI=1S/C24H22FN9S.C4H9NO.C2H6/c1-31-14-18(11-29-31)17-10-21-23(28-16-30-34(21)15-17)32-6-8-33(9-7-32)24-26-12-19(13-27-24)35-22-5-3-2-4-20(22)25;1-3-6-4-2-5-1;1-2/h2-5,10-16H,6-9H2,1H3;5H,1-4H2;1-2H3. The smallest absolute Gasteiger partial charge is 0.225 e. The highest BCUT2D eigenvalue weighted by molar-refractivity contribution is 7.99. The molecule has 2 saturated heterocycles. The van der Waals surface area contributed by atoms with Gasteiger partial charge in [-0.2, -0.15) is 10.2 Å². The summed E-state index contributed by atoms with van der Waals surface area (Å²) in [5.74, 6) is 1.34. The summed E-state index contributed by atoms with van der Waals surface area (Å²) < 4.78 is 22.6. The van der Waals surface area contributed by atoms with E-state index in [1.54, 1.807) is 35.5 Å². The van der Waals surface area contributed by atoms with Crippen LogP contribution in [0.2, 0.25) is 0 Å². The maximum absolute atomic E-state index is 13.9. The molecule has 1 N–H and O–H groups in total. The fourth-order valence-corrected chi connectivity index (χ4v) is 5.48. The predicted octanol–water partition coefficient (Wildman–Crippen LogP) is 4.17. The quantitative estimate of drug-likeness (QED) is 0.315. The fourth-order valence-electron chi connectivity index (χ4n) is 4.70. The summed E-state index contributed by atoms with van der Waals surface area (Å²) in [5.41, 5.74) is 3.06. The first-order valence-electron chi connectivity index (χ1n) is 14.5. The zero-order chi connectivity index (χ0) is 30.0. The number of hydrogen-bond acceptors (Lipinski definition) is 10. The van der Waals surface area contributed by atoms with Crippen molar-refractivity contribution < 1.29 is 9.13 Å². The molecule has 2 aliphatic heterocycles. The van der Waals surface area contributed by atoms with Crippen molar-refractivity contribution in [1.82, 2.24) is 39.7 Å². The molecule has 6 heterocycles. The van der Waals surface area contributed by atoms with Crippen molar-refractivity contribution in [3.05, 3.63) is 73.5 Å². The Morgan fingerprint density at radius 3 is 2.21 bits per heavy atom. The van der Waals surface area contributed by atoms with E-state index in [1.165, 1.54) is 17.8 Å². The van der Waals surface area contributed by atoms with Gasteiger partial charge in [0.2, 0.25) is 5.95 Å². The number of ether oxygens (including phenoxy) is 1. The summed E-state index contributed by atoms with van der Waals surface area (Å²) in [7, 11) is 1.91. The molecular weight excluding hydrogens is 567 g/mol. The summed E-state index contributed by atoms with van der Waals surface area (Å²) in [5, 5.41) is 11.8. The van der Waals surface area contributed by atoms with Gasteiger partial charge in [-0.1, -0.05) is 37.7 Å². The molecule has 11 nitrogen and oxygen atoms in total. The van der Waals surface area contributed by atoms with E-state index in [1.807, 2.05) is 50.1 Å². The molecule has 7 rings (SSSR count). The molecule has 0 spiro atoms. The second-order valence-electron chi connectivity index (χ2n) is 9.63. The topological polar surface area (TPSA) is 102 Å². The Labute approximate surface area is 255 Å². The zero-order valence-corrected chi connectivity index (χ0v) is 25.5. The molecule has 2 fully saturated rings. The van der Waals surface area contributed by atoms with Crippen molar-refractivity contribution in [3.63, 3.8) is 0 Å². The van der Waals surface area contributed by atoms with Crippen molar-refractivity contribution in [2.45, 2.75) is 23.6 Å². The number of fused-ring (bicyclic) bond motifs is 1. The molecule has 0 amide bonds. The van der Waals surface area contributed by atoms with Gasteiger partial charge in [0.05, 0.1) is 19.4 Å². The number of morpholine rings is 1. The summed E-state index contributed by atoms with van der Waals surface area (Å²) in [6.45, 7) is 10.9. The van der Waals surface area contributed by atoms with Crippen molar-refractivity contribution in [2.75, 3.05) is 62.3 Å². The highest BCUT2D eigenvalue weighted by atomic mass is 32.2. The average molecular weight is 605 g/mol. The molecule has 0 atom stereocenters. The normalized spacial score (nSPS) is 15.0. The van der Waals surface area contributed by atoms with E-state index in [9.17, 15) is 4.39 Å². The monoisotopic (exact) mass is 604 g/mol. The molecule has 2 aliphatic rings. The molecule has 13 heteroatoms. The number of aryl methyl sites for hydroxylation is 1. The van der Waals surface area contributed by atoms with Gasteiger partial charge in [-0.05, 0) is 18.2 Å². The first-order chi connectivity index (χ1) is 21.1. The number of nitrogens with zero attached hydrogens (tertiary/aromatic N) is 9. The van der Waals surface area contributed by atoms with Crippen LogP contribution in [0.15, 0.2) is 77.4 Å². The minimum Gasteiger partial charge on any atom is -0.379 e. The SMILES string of the molecule is C1COCCN1.CC.Cn1cc(-c2cc3c(N4CCN(c5ncc(Sc6ccccc6F)cn5)CC4)ncnn3c2)cn1. The van der Waals surface area contributed by atoms with Crippen LogP contribution >= 0.6 is 11.8 Å². The first-order valence-corrected chi connectivity index (χ1v) is 15.3. The third kappa shape index (κ3) is 7.66. The Kier molecular flexibility index (Phi) is 10.5. The fraction of sp³-hybridized carbons (Fsp3) is 0.367. The summed E-state index contributed by atoms with van der Waals surface area (Å²) in [6, 6.07) is 8.81. The Balaban J connectivity index is 0.000000406. The van der Waals surface area contributed by atoms with Crippen LogP contribution in [0.4, 0.5) is 16.2 Å². The van der Waals surface area contributed by atoms with Gasteiger partial charge in [0.15, 0.2) is 5.82 Å². The van der Waals surface area contributed by atoms with Crippen LogP contribution in [0, 0.1) is 5.82 Å². The Morgan fingerprint density at radius 2 is 1.58 bits per heavy atom. The molecule has 226 valence electrons. The molecule has 0 unspecified atom stereocenters. The average Bonchev–Trinajstić information content (AvgIpc) is 3.71. The van der Waals surface area contributed by atoms with E-state index in [4.69, 9.17) is 4.74 Å². The number of nitrogens with one attached hydrogen (secondary N) is 1. The van der Waals surface area contributed by atoms with Crippen LogP contribution in [0.25, 0.3) is 16.6 Å². The van der Waals surface area contributed by atoms with Gasteiger partial charge >= 0.3 is 0 Å². The van der Waals surface area contributed by atoms with Crippen LogP contribution < -0.4 is 15.1 Å². The van der Waals surface area contributed by atoms with Crippen molar-refractivity contribution in [3.8, 4) is 11.1 Å². The van der Waals surface area contributed by atoms with Gasteiger partial charge in [0.1, 0.15) is 17.7 Å². The number of anilines is 2. The van der Waals surface area contributed by atoms with Gasteiger partial charge in [0, 0.05) is 92.0 Å². The van der Waals surface area contributed by atoms with Crippen LogP contribution in [0.5, 0.6) is 0 Å². The summed E-state index contributed by atoms with van der Waals surface area (Å²) in [6.07, 6.45) is 10.9. The molecule has 0 aliphatic carbocycles. The Hall–Kier alpha value is -4.07. The van der Waals surface area contributed by atoms with Gasteiger partial charge < -0.3 is 19.9 Å². The van der Waals surface area contributed by atoms with Gasteiger partial charge in [-0.15, -0.1) is 0 Å². The van der Waals surface area contributed by atoms with E-state index in [0.717, 1.165) is 79.8 Å². The molecule has 4 aromatic heterocycles. The summed E-state index contributed by atoms with van der Waals surface area (Å²) in [4.78, 5) is 19.4. The van der Waals surface area contributed by atoms with Crippen LogP contribution in [0.3, 0.4) is 0 Å². The second kappa shape index (κ2) is 14.9. The van der Waals surface area contributed by atoms with Crippen molar-refractivity contribution >= 4 is 29.0 Å². The predicted molar refractivity (Wildman–Crippen MR) is 167 cm³/mol. The lowest BCUT2D eigenvalue weighted by Gasteiger charge is -2.35. The van der Waals surface area contributed by atoms with Crippen molar-refractivity contribution in [1.29, 1.82) is 0 Å². The van der Waals surface area contributed by atoms with Crippen LogP contribution in [0.1, 0.15) is 13.8 Å². The van der Waals surface area contributed by atoms with E-state index in [-0.39, 0.29) is 5.82 Å². The third-order valence-electron chi connectivity index (χ3n) is 6.81. The largest absolute Gasteiger partial charge is 0.379 e. The number of rotatable bonds is 5. The maximum atomic E-state index is 13.9. The van der Waals surface area contributed by atoms with Gasteiger partial charge in [-0.25, -0.2) is 23.9 Å². The van der Waals surface area contributed by atoms with Gasteiger partial charge in [-0.3, -0.25) is 4.68 Å². The lowest BCUT2D eigenvalue weighted by atomic mass is 10.2. The van der Waals surface area contributed by atoms with E-state index >= 15 is 0 Å². The molecule has 0 bridgehead atoms. The highest BCUT2D eigenvalue weighted by Gasteiger charge is 2.22. The number of halogens is 1. The lowest BCUT2D eigenvalue weighted by molar-refractivity contribution is 0.109. The molecule has 5 aromatic rings. The van der Waals surface area contributed by atoms with E-state index in [2.05, 4.69) is 46.3 Å². The number of piperazine rings is 1. The van der Waals surface area contributed by atoms with Crippen LogP contribution in [-0.4, -0.2) is 86.8 Å². The molecule has 43 heavy (non-hydrogen) atoms. The zero-order valence-electron chi connectivity index (χ0n) is 24.7. The minimum atomic E-state index is -0.243. The number of benzene rings is 1. The summed E-state index contributed by atoms with van der Waals surface area (Å²) >= 11 is 1.32. The first kappa shape index (κ1) is 30.4. The van der Waals surface area contributed by atoms with Gasteiger partial charge in [0.25, 0.3) is 0 Å². The maximum Gasteiger partial charge on any atom is 0.225 e. The molecule has 0 radical (unpaired) electrons. The molecule has 0 saturated carbocycles. The van der Waals surface area contributed by atoms with Crippen LogP contribution in [-0.2, 0) is 11.8 Å². The second-order valence-corrected chi connectivity index (χ2v) is 10.7. The van der Waals surface area contributed by atoms with E-state index in [0.29, 0.717) is 10.8 Å². The number of aromatic nitrogens is 7. The molecule has 1 aromatic carbocycles. The third-order valence-corrected chi connectivity index (χ3v) is 7.81. The highest BCUT2D eigenvalue weighted by Crippen LogP contribution is 2.30. The van der Waals surface area contributed by atoms with E-state index < -0.39 is 0 Å².